The van der Waals surface area contributed by atoms with Crippen LogP contribution in [0.4, 0.5) is 0 Å². The second-order valence-corrected chi connectivity index (χ2v) is 11.8. The number of hydrogen-bond acceptors (Lipinski definition) is 2. The molecule has 0 aliphatic carbocycles. The van der Waals surface area contributed by atoms with E-state index in [0.717, 1.165) is 7.66 Å². The standard InChI is InChI=1S/C6H2BrI5O2/c7-4(10)3(9)6(13)14-1-2(8)5(11)12/h1H2. The van der Waals surface area contributed by atoms with Gasteiger partial charge in [0.2, 0.25) is 0 Å². The quantitative estimate of drug-likeness (QED) is 0.216. The second-order valence-electron chi connectivity index (χ2n) is 1.82. The van der Waals surface area contributed by atoms with Crippen molar-refractivity contribution in [2.45, 2.75) is 0 Å². The molecule has 0 saturated heterocycles. The lowest BCUT2D eigenvalue weighted by molar-refractivity contribution is -0.136. The van der Waals surface area contributed by atoms with Crippen molar-refractivity contribution >= 4 is 135 Å². The van der Waals surface area contributed by atoms with Crippen LogP contribution in [-0.4, -0.2) is 12.6 Å². The first-order valence-corrected chi connectivity index (χ1v) is 9.12. The predicted octanol–water partition coefficient (Wildman–Crippen LogP) is 5.44. The maximum Gasteiger partial charge on any atom is 0.346 e. The Morgan fingerprint density at radius 1 is 1.14 bits per heavy atom. The summed E-state index contributed by atoms with van der Waals surface area (Å²) in [5.74, 6) is -0.296. The summed E-state index contributed by atoms with van der Waals surface area (Å²) in [6.07, 6.45) is 0. The van der Waals surface area contributed by atoms with Crippen molar-refractivity contribution in [3.05, 3.63) is 11.2 Å². The predicted molar refractivity (Wildman–Crippen MR) is 104 cm³/mol. The van der Waals surface area contributed by atoms with E-state index < -0.39 is 0 Å². The van der Waals surface area contributed by atoms with Crippen molar-refractivity contribution in [3.63, 3.8) is 0 Å². The van der Waals surface area contributed by atoms with Crippen LogP contribution in [0.15, 0.2) is 11.2 Å². The van der Waals surface area contributed by atoms with Gasteiger partial charge < -0.3 is 4.74 Å². The molecule has 8 heteroatoms. The van der Waals surface area contributed by atoms with Gasteiger partial charge in [-0.3, -0.25) is 0 Å². The average molecular weight is 821 g/mol. The monoisotopic (exact) mass is 819 g/mol. The van der Waals surface area contributed by atoms with Crippen LogP contribution in [0.3, 0.4) is 0 Å². The Balaban J connectivity index is 4.26. The largest absolute Gasteiger partial charge is 0.456 e. The fourth-order valence-electron chi connectivity index (χ4n) is 0.324. The first-order valence-electron chi connectivity index (χ1n) is 2.93. The summed E-state index contributed by atoms with van der Waals surface area (Å²) in [5, 5.41) is 0. The zero-order valence-corrected chi connectivity index (χ0v) is 18.7. The summed E-state index contributed by atoms with van der Waals surface area (Å²) in [6, 6.07) is 0. The molecular weight excluding hydrogens is 818 g/mol. The van der Waals surface area contributed by atoms with E-state index in [2.05, 4.69) is 83.7 Å². The molecular formula is C6H2BrI5O2. The van der Waals surface area contributed by atoms with Crippen molar-refractivity contribution in [2.24, 2.45) is 0 Å². The Morgan fingerprint density at radius 3 is 2.00 bits per heavy atom. The number of carbonyl (C=O) groups excluding carboxylic acids is 1. The highest BCUT2D eigenvalue weighted by Gasteiger charge is 2.11. The van der Waals surface area contributed by atoms with Gasteiger partial charge in [-0.15, -0.1) is 0 Å². The fourth-order valence-corrected chi connectivity index (χ4v) is 1.33. The lowest BCUT2D eigenvalue weighted by atomic mass is 10.6. The summed E-state index contributed by atoms with van der Waals surface area (Å²) >= 11 is 13.7. The third kappa shape index (κ3) is 7.41. The summed E-state index contributed by atoms with van der Waals surface area (Å²) in [6.45, 7) is 0.337. The number of hydrogen-bond donors (Lipinski definition) is 0. The number of halogens is 6. The van der Waals surface area contributed by atoms with Crippen LogP contribution in [0.1, 0.15) is 0 Å². The van der Waals surface area contributed by atoms with Gasteiger partial charge in [-0.05, 0) is 129 Å². The molecule has 0 spiro atoms. The van der Waals surface area contributed by atoms with Crippen LogP contribution in [-0.2, 0) is 9.53 Å². The van der Waals surface area contributed by atoms with Crippen molar-refractivity contribution in [1.82, 2.24) is 0 Å². The maximum atomic E-state index is 11.4. The third-order valence-electron chi connectivity index (χ3n) is 0.880. The molecule has 0 aromatic rings. The van der Waals surface area contributed by atoms with Gasteiger partial charge in [0.25, 0.3) is 0 Å². The fraction of sp³-hybridized carbons (Fsp3) is 0.167. The van der Waals surface area contributed by atoms with Crippen LogP contribution in [0.5, 0.6) is 0 Å². The Hall–Kier alpha value is 3.08. The molecule has 2 nitrogen and oxygen atoms in total. The van der Waals surface area contributed by atoms with E-state index >= 15 is 0 Å². The molecule has 0 aliphatic heterocycles. The van der Waals surface area contributed by atoms with E-state index in [4.69, 9.17) is 4.74 Å². The minimum absolute atomic E-state index is 0.296. The zero-order valence-electron chi connectivity index (χ0n) is 6.29. The van der Waals surface area contributed by atoms with Gasteiger partial charge in [0.15, 0.2) is 0 Å². The Kier molecular flexibility index (Phi) is 11.1. The first-order chi connectivity index (χ1) is 6.36. The van der Waals surface area contributed by atoms with Crippen LogP contribution >= 0.6 is 129 Å². The highest BCUT2D eigenvalue weighted by Crippen LogP contribution is 2.28. The number of ether oxygens (including phenoxy) is 1. The minimum Gasteiger partial charge on any atom is -0.456 e. The van der Waals surface area contributed by atoms with Crippen molar-refractivity contribution < 1.29 is 9.53 Å². The normalized spacial score (nSPS) is 11.9. The van der Waals surface area contributed by atoms with E-state index in [-0.39, 0.29) is 5.97 Å². The molecule has 0 fully saturated rings. The average Bonchev–Trinajstić information content (AvgIpc) is 2.11. The topological polar surface area (TPSA) is 26.3 Å². The number of esters is 1. The molecule has 0 saturated carbocycles. The van der Waals surface area contributed by atoms with Crippen LogP contribution in [0.2, 0.25) is 0 Å². The van der Waals surface area contributed by atoms with Gasteiger partial charge in [0, 0.05) is 3.58 Å². The maximum absolute atomic E-state index is 11.4. The highest BCUT2D eigenvalue weighted by atomic mass is 127. The Morgan fingerprint density at radius 2 is 1.64 bits per heavy atom. The third-order valence-corrected chi connectivity index (χ3v) is 8.79. The van der Waals surface area contributed by atoms with Gasteiger partial charge in [-0.1, -0.05) is 0 Å². The molecule has 0 radical (unpaired) electrons. The van der Waals surface area contributed by atoms with Gasteiger partial charge in [0.1, 0.15) is 10.2 Å². The number of carbonyl (C=O) groups is 1. The van der Waals surface area contributed by atoms with Crippen molar-refractivity contribution in [2.75, 3.05) is 6.61 Å². The lowest BCUT2D eigenvalue weighted by Crippen LogP contribution is -2.05. The Bertz CT molecular complexity index is 291. The van der Waals surface area contributed by atoms with E-state index in [1.807, 2.05) is 45.2 Å². The van der Waals surface area contributed by atoms with Crippen LogP contribution in [0.25, 0.3) is 0 Å². The molecule has 14 heavy (non-hydrogen) atoms. The molecule has 0 heterocycles. The molecule has 0 rings (SSSR count). The molecule has 0 unspecified atom stereocenters. The summed E-state index contributed by atoms with van der Waals surface area (Å²) in [4.78, 5) is 11.4. The van der Waals surface area contributed by atoms with Gasteiger partial charge in [-0.2, -0.15) is 0 Å². The zero-order chi connectivity index (χ0) is 11.3. The molecule has 0 aromatic heterocycles. The van der Waals surface area contributed by atoms with Gasteiger partial charge in [-0.25, -0.2) is 4.79 Å². The van der Waals surface area contributed by atoms with E-state index in [9.17, 15) is 4.79 Å². The van der Waals surface area contributed by atoms with Crippen LogP contribution < -0.4 is 0 Å². The van der Waals surface area contributed by atoms with Gasteiger partial charge in [0.05, 0.1) is 4.08 Å². The van der Waals surface area contributed by atoms with Crippen molar-refractivity contribution in [3.8, 4) is 0 Å². The minimum atomic E-state index is -0.296. The molecule has 0 atom stereocenters. The molecule has 0 N–H and O–H groups in total. The smallest absolute Gasteiger partial charge is 0.346 e. The molecule has 80 valence electrons. The van der Waals surface area contributed by atoms with E-state index in [1.165, 1.54) is 0 Å². The molecule has 0 amide bonds. The van der Waals surface area contributed by atoms with E-state index in [1.54, 1.807) is 0 Å². The van der Waals surface area contributed by atoms with E-state index in [0.29, 0.717) is 10.2 Å². The molecule has 0 aliphatic rings. The van der Waals surface area contributed by atoms with Crippen LogP contribution in [0, 0.1) is 0 Å². The highest BCUT2D eigenvalue weighted by molar-refractivity contribution is 14.2. The summed E-state index contributed by atoms with van der Waals surface area (Å²) in [5.41, 5.74) is 0. The van der Waals surface area contributed by atoms with Gasteiger partial charge >= 0.3 is 5.97 Å². The number of rotatable bonds is 3. The summed E-state index contributed by atoms with van der Waals surface area (Å²) < 4.78 is 8.55. The first kappa shape index (κ1) is 17.1. The summed E-state index contributed by atoms with van der Waals surface area (Å²) in [7, 11) is 0. The lowest BCUT2D eigenvalue weighted by Gasteiger charge is -2.03. The Labute approximate surface area is 159 Å². The second kappa shape index (κ2) is 9.07. The molecule has 0 aromatic carbocycles. The SMILES string of the molecule is O=C(OCC(I)=C(I)I)C(I)=C(Br)I. The molecule has 0 bridgehead atoms. The van der Waals surface area contributed by atoms with Crippen molar-refractivity contribution in [1.29, 1.82) is 0 Å².